The van der Waals surface area contributed by atoms with E-state index in [2.05, 4.69) is 19.9 Å². The van der Waals surface area contributed by atoms with Crippen molar-refractivity contribution in [2.24, 2.45) is 0 Å². The van der Waals surface area contributed by atoms with Gasteiger partial charge in [-0.3, -0.25) is 23.1 Å². The zero-order chi connectivity index (χ0) is 50.7. The highest BCUT2D eigenvalue weighted by Crippen LogP contribution is 2.58. The summed E-state index contributed by atoms with van der Waals surface area (Å²) in [6.45, 7) is 4.02. The maximum atomic E-state index is 14.8. The minimum atomic E-state index is -5.29. The van der Waals surface area contributed by atoms with Gasteiger partial charge in [0.2, 0.25) is 0 Å². The lowest BCUT2D eigenvalue weighted by molar-refractivity contribution is -0.170. The average Bonchev–Trinajstić information content (AvgIpc) is 4.10. The van der Waals surface area contributed by atoms with Gasteiger partial charge >= 0.3 is 33.2 Å². The number of esters is 1. The number of carbonyl (C=O) groups excluding carboxylic acids is 2. The first-order valence-corrected chi connectivity index (χ1v) is 26.9. The lowest BCUT2D eigenvalue weighted by atomic mass is 10.1. The molecular weight excluding hydrogens is 1010 g/mol. The number of aliphatic hydroxyl groups excluding tert-OH is 1. The van der Waals surface area contributed by atoms with E-state index in [1.54, 1.807) is 24.3 Å². The first-order chi connectivity index (χ1) is 33.0. The summed E-state index contributed by atoms with van der Waals surface area (Å²) in [6, 6.07) is 6.51. The number of nitrogens with two attached hydrogens (primary N) is 3. The Morgan fingerprint density at radius 1 is 0.971 bits per heavy atom. The molecule has 0 bridgehead atoms. The number of nitrogen functional groups attached to an aromatic ring is 3. The molecular formula is C39H54N10O17P2S2. The van der Waals surface area contributed by atoms with Gasteiger partial charge in [-0.1, -0.05) is 54.5 Å². The fourth-order valence-electron chi connectivity index (χ4n) is 7.61. The summed E-state index contributed by atoms with van der Waals surface area (Å²) in [5.74, 6) is -1.23. The first kappa shape index (κ1) is 53.4. The number of aromatic nitrogens is 6. The van der Waals surface area contributed by atoms with Gasteiger partial charge in [0.25, 0.3) is 0 Å². The number of carbonyl (C=O) groups is 2. The smallest absolute Gasteiger partial charge is 0.455 e. The molecule has 6 heterocycles. The first-order valence-electron chi connectivity index (χ1n) is 21.5. The predicted octanol–water partition coefficient (Wildman–Crippen LogP) is 1.92. The third-order valence-electron chi connectivity index (χ3n) is 11.0. The lowest BCUT2D eigenvalue weighted by Gasteiger charge is -2.31. The second-order valence-corrected chi connectivity index (χ2v) is 23.6. The molecule has 3 aliphatic rings. The number of amides is 1. The molecule has 384 valence electrons. The molecule has 0 radical (unpaired) electrons. The number of phosphoric acid groups is 1. The molecule has 1 aromatic carbocycles. The van der Waals surface area contributed by atoms with Gasteiger partial charge in [0.15, 0.2) is 36.3 Å². The van der Waals surface area contributed by atoms with Gasteiger partial charge in [-0.15, -0.1) is 0 Å². The van der Waals surface area contributed by atoms with Crippen LogP contribution in [0.5, 0.6) is 0 Å². The highest BCUT2D eigenvalue weighted by atomic mass is 33.1. The third-order valence-corrected chi connectivity index (χ3v) is 16.7. The van der Waals surface area contributed by atoms with E-state index >= 15 is 0 Å². The van der Waals surface area contributed by atoms with Crippen molar-refractivity contribution in [1.82, 2.24) is 34.0 Å². The van der Waals surface area contributed by atoms with Gasteiger partial charge in [0.05, 0.1) is 19.5 Å². The summed E-state index contributed by atoms with van der Waals surface area (Å²) in [6.07, 6.45) is -8.95. The van der Waals surface area contributed by atoms with Gasteiger partial charge in [-0.05, 0) is 30.2 Å². The Bertz CT molecular complexity index is 2640. The Balaban J connectivity index is 1.19. The van der Waals surface area contributed by atoms with Crippen LogP contribution in [0.2, 0.25) is 0 Å². The summed E-state index contributed by atoms with van der Waals surface area (Å²) >= 11 is 0. The largest absolute Gasteiger partial charge is 0.469 e. The van der Waals surface area contributed by atoms with Crippen molar-refractivity contribution < 1.29 is 76.0 Å². The number of hydrogen-bond donors (Lipinski definition) is 7. The molecule has 0 spiro atoms. The van der Waals surface area contributed by atoms with E-state index in [1.165, 1.54) is 51.8 Å². The Kier molecular flexibility index (Phi) is 16.9. The van der Waals surface area contributed by atoms with E-state index < -0.39 is 107 Å². The van der Waals surface area contributed by atoms with Crippen LogP contribution in [0.3, 0.4) is 0 Å². The molecule has 10 N–H and O–H groups in total. The number of fused-ring (bicyclic) bond motifs is 1. The maximum absolute atomic E-state index is 14.8. The molecule has 3 saturated heterocycles. The number of anilines is 3. The Hall–Kier alpha value is -4.45. The van der Waals surface area contributed by atoms with Gasteiger partial charge < -0.3 is 69.9 Å². The minimum Gasteiger partial charge on any atom is -0.455 e. The zero-order valence-corrected chi connectivity index (χ0v) is 41.4. The Labute approximate surface area is 407 Å². The van der Waals surface area contributed by atoms with Crippen LogP contribution in [0.4, 0.5) is 22.1 Å². The fourth-order valence-corrected chi connectivity index (χ4v) is 12.2. The highest BCUT2D eigenvalue weighted by molar-refractivity contribution is 8.77. The molecule has 31 heteroatoms. The Morgan fingerprint density at radius 3 is 2.36 bits per heavy atom. The number of aliphatic hydroxyl groups is 1. The number of hydrogen-bond acceptors (Lipinski definition) is 23. The van der Waals surface area contributed by atoms with Crippen molar-refractivity contribution in [3.8, 4) is 0 Å². The molecule has 3 unspecified atom stereocenters. The number of ether oxygens (including phenoxy) is 6. The van der Waals surface area contributed by atoms with Crippen LogP contribution in [0.25, 0.3) is 11.2 Å². The topological polar surface area (TPSA) is 383 Å². The summed E-state index contributed by atoms with van der Waals surface area (Å²) in [4.78, 5) is 89.6. The zero-order valence-electron chi connectivity index (χ0n) is 38.0. The summed E-state index contributed by atoms with van der Waals surface area (Å²) in [7, 11) is -6.50. The van der Waals surface area contributed by atoms with Crippen LogP contribution in [0.15, 0.2) is 54.0 Å². The van der Waals surface area contributed by atoms with Crippen LogP contribution >= 0.6 is 37.0 Å². The molecule has 0 saturated carbocycles. The molecule has 0 aliphatic carbocycles. The lowest BCUT2D eigenvalue weighted by Crippen LogP contribution is -2.48. The second-order valence-electron chi connectivity index (χ2n) is 17.2. The van der Waals surface area contributed by atoms with E-state index in [9.17, 15) is 43.3 Å². The van der Waals surface area contributed by atoms with Crippen molar-refractivity contribution in [2.75, 3.05) is 49.8 Å². The highest BCUT2D eigenvalue weighted by Gasteiger charge is 2.58. The van der Waals surface area contributed by atoms with E-state index in [0.29, 0.717) is 24.1 Å². The molecule has 3 aliphatic heterocycles. The number of likely N-dealkylation sites (N-methyl/N-ethyl adjacent to an activating group) is 1. The molecule has 3 aromatic heterocycles. The standard InChI is InChI=1S/C39H54N10O17P2S2/c1-39(2,3)70-69-17-22(47(4)38(53)60-14-20-7-9-21(40)10-8-20)36(51)66-29-23(63-34(28(29)50)49-19-45-27-32(42)43-18-44-33(27)49)15-61-67(54,55)31-24(16-62-68(56,57)58)64-35(30(31)65-26-6-5-13-59-26)48-12-11-25(41)46-37(48)52/h7-12,18-19,22-24,26,28-31,34-35,50H,5-6,13-17,40H2,1-4H3,(H,54,55)(H2,41,46,52)(H2,42,43,44)(H2,56,57,58)/t22-,23+,24?,26?,28+,29+,30+,31+,34+,35+/m0/s1. The molecule has 4 aromatic rings. The minimum absolute atomic E-state index is 0.00809. The normalized spacial score (nSPS) is 26.3. The summed E-state index contributed by atoms with van der Waals surface area (Å²) < 4.78 is 74.9. The third kappa shape index (κ3) is 13.0. The van der Waals surface area contributed by atoms with Gasteiger partial charge in [0, 0.05) is 42.5 Å². The molecule has 70 heavy (non-hydrogen) atoms. The van der Waals surface area contributed by atoms with Crippen LogP contribution in [0.1, 0.15) is 51.6 Å². The number of phosphoric ester groups is 1. The van der Waals surface area contributed by atoms with Gasteiger partial charge in [-0.25, -0.2) is 33.9 Å². The number of rotatable bonds is 19. The van der Waals surface area contributed by atoms with Crippen molar-refractivity contribution in [3.63, 3.8) is 0 Å². The van der Waals surface area contributed by atoms with E-state index in [1.807, 2.05) is 20.8 Å². The quantitative estimate of drug-likeness (QED) is 0.0305. The number of imidazole rings is 1. The van der Waals surface area contributed by atoms with Gasteiger partial charge in [-0.2, -0.15) is 4.98 Å². The molecule has 27 nitrogen and oxygen atoms in total. The predicted molar refractivity (Wildman–Crippen MR) is 250 cm³/mol. The molecule has 7 rings (SSSR count). The Morgan fingerprint density at radius 2 is 1.69 bits per heavy atom. The summed E-state index contributed by atoms with van der Waals surface area (Å²) in [5, 5.41) is 12.0. The number of nitrogens with zero attached hydrogens (tertiary/aromatic N) is 7. The van der Waals surface area contributed by atoms with Crippen molar-refractivity contribution >= 4 is 77.6 Å². The number of benzene rings is 1. The monoisotopic (exact) mass is 1060 g/mol. The van der Waals surface area contributed by atoms with E-state index in [-0.39, 0.29) is 46.5 Å². The SMILES string of the molecule is CN(C(=O)OCc1ccc(N)cc1)[C@@H](CSSC(C)(C)C)C(=O)O[C@H]1[C@@H](O)[C@H](n2cnc3c(N)ncnc32)O[C@@H]1COP(=O)(O)[C@@H]1C(COP(=O)(O)O)O[C@@H](n2ccc(N)nc2=O)[C@@H]1OC1CCCO1. The maximum Gasteiger partial charge on any atom is 0.469 e. The van der Waals surface area contributed by atoms with Crippen molar-refractivity contribution in [1.29, 1.82) is 0 Å². The van der Waals surface area contributed by atoms with E-state index in [4.69, 9.17) is 54.7 Å². The molecule has 11 atom stereocenters. The van der Waals surface area contributed by atoms with Crippen LogP contribution in [-0.4, -0.2) is 152 Å². The van der Waals surface area contributed by atoms with Crippen LogP contribution in [0, 0.1) is 0 Å². The van der Waals surface area contributed by atoms with Gasteiger partial charge in [0.1, 0.15) is 60.4 Å². The summed E-state index contributed by atoms with van der Waals surface area (Å²) in [5.41, 5.74) is 16.0. The van der Waals surface area contributed by atoms with Crippen molar-refractivity contribution in [2.45, 2.75) is 106 Å². The fraction of sp³-hybridized carbons (Fsp3) is 0.564. The molecule has 3 fully saturated rings. The van der Waals surface area contributed by atoms with E-state index in [0.717, 1.165) is 15.8 Å². The van der Waals surface area contributed by atoms with Crippen LogP contribution < -0.4 is 22.9 Å². The second kappa shape index (κ2) is 22.1. The average molecular weight is 1060 g/mol. The molecule has 1 amide bonds. The van der Waals surface area contributed by atoms with Crippen LogP contribution in [-0.2, 0) is 58.0 Å². The van der Waals surface area contributed by atoms with Crippen molar-refractivity contribution in [3.05, 3.63) is 65.2 Å².